The van der Waals surface area contributed by atoms with Crippen molar-refractivity contribution < 1.29 is 18.1 Å². The van der Waals surface area contributed by atoms with E-state index in [0.29, 0.717) is 11.4 Å². The van der Waals surface area contributed by atoms with Gasteiger partial charge in [-0.25, -0.2) is 0 Å². The van der Waals surface area contributed by atoms with Gasteiger partial charge in [-0.1, -0.05) is 107 Å². The monoisotopic (exact) mass is 561 g/mol. The standard InChI is InChI=1S/2C17H11NOS.Be/c2*19-16-10-13-6-2-1-5-12(13)9-15(16)18-11-14-7-3-4-8-17(14)20-18;/h2*1-10,19H;/q;;+2/p-2. The minimum Gasteiger partial charge on any atom is -0.875 e. The summed E-state index contributed by atoms with van der Waals surface area (Å²) >= 11 is 3.07. The van der Waals surface area contributed by atoms with Crippen LogP contribution < -0.4 is 18.1 Å². The maximum atomic E-state index is 12.3. The SMILES string of the molecule is [Be+2].[O-]c1cc2ccccc2cc1-[n+]1[c-]c2ccccc2s1.[O-]c1cc2ccccc2cc1-[n+]1[c-]c2ccccc2s1. The number of rotatable bonds is 2. The van der Waals surface area contributed by atoms with Crippen LogP contribution in [0.1, 0.15) is 0 Å². The van der Waals surface area contributed by atoms with E-state index in [1.54, 1.807) is 12.1 Å². The maximum absolute atomic E-state index is 12.3. The Morgan fingerprint density at radius 3 is 1.20 bits per heavy atom. The molecule has 0 bridgehead atoms. The normalized spacial score (nSPS) is 10.9. The quantitative estimate of drug-likeness (QED) is 0.147. The van der Waals surface area contributed by atoms with Gasteiger partial charge in [0.2, 0.25) is 0 Å². The molecule has 0 saturated carbocycles. The number of aromatic nitrogens is 2. The molecule has 192 valence electrons. The Morgan fingerprint density at radius 1 is 0.463 bits per heavy atom. The molecular weight excluding hydrogens is 542 g/mol. The third-order valence-corrected chi connectivity index (χ3v) is 8.74. The number of hydrogen-bond acceptors (Lipinski definition) is 4. The molecule has 0 atom stereocenters. The van der Waals surface area contributed by atoms with Crippen molar-refractivity contribution in [2.45, 2.75) is 0 Å². The van der Waals surface area contributed by atoms with Gasteiger partial charge in [0.1, 0.15) is 11.4 Å². The molecule has 8 rings (SSSR count). The molecule has 7 heteroatoms. The van der Waals surface area contributed by atoms with Crippen LogP contribution in [0.3, 0.4) is 0 Å². The number of hydrogen-bond donors (Lipinski definition) is 0. The second kappa shape index (κ2) is 11.1. The van der Waals surface area contributed by atoms with Crippen molar-refractivity contribution in [1.29, 1.82) is 0 Å². The molecular formula is C34H20BeN2O2S2. The van der Waals surface area contributed by atoms with Gasteiger partial charge in [0.25, 0.3) is 0 Å². The van der Waals surface area contributed by atoms with Gasteiger partial charge in [-0.15, -0.1) is 24.3 Å². The molecule has 0 spiro atoms. The zero-order valence-corrected chi connectivity index (χ0v) is 23.4. The molecule has 41 heavy (non-hydrogen) atoms. The van der Waals surface area contributed by atoms with Gasteiger partial charge in [0, 0.05) is 9.40 Å². The van der Waals surface area contributed by atoms with Crippen molar-refractivity contribution in [3.63, 3.8) is 0 Å². The van der Waals surface area contributed by atoms with Crippen molar-refractivity contribution in [3.8, 4) is 22.9 Å². The van der Waals surface area contributed by atoms with Crippen LogP contribution in [-0.4, -0.2) is 10.1 Å². The molecule has 0 fully saturated rings. The van der Waals surface area contributed by atoms with Crippen LogP contribution in [0.5, 0.6) is 11.5 Å². The predicted octanol–water partition coefficient (Wildman–Crippen LogP) is 6.03. The van der Waals surface area contributed by atoms with Crippen LogP contribution in [0, 0.1) is 12.4 Å². The maximum Gasteiger partial charge on any atom is 2.00 e. The Balaban J connectivity index is 0.000000144. The first kappa shape index (κ1) is 26.6. The molecule has 4 nitrogen and oxygen atoms in total. The van der Waals surface area contributed by atoms with E-state index in [0.717, 1.165) is 41.7 Å². The second-order valence-electron chi connectivity index (χ2n) is 9.32. The number of benzene rings is 6. The van der Waals surface area contributed by atoms with Crippen molar-refractivity contribution in [3.05, 3.63) is 134 Å². The van der Waals surface area contributed by atoms with Crippen molar-refractivity contribution in [2.75, 3.05) is 0 Å². The van der Waals surface area contributed by atoms with Crippen LogP contribution in [0.25, 0.3) is 53.1 Å². The third-order valence-electron chi connectivity index (χ3n) is 6.69. The van der Waals surface area contributed by atoms with Gasteiger partial charge < -0.3 is 10.2 Å². The summed E-state index contributed by atoms with van der Waals surface area (Å²) in [5.74, 6) is 0.0491. The summed E-state index contributed by atoms with van der Waals surface area (Å²) in [6, 6.07) is 39.1. The second-order valence-corrected chi connectivity index (χ2v) is 11.3. The zero-order valence-electron chi connectivity index (χ0n) is 21.8. The van der Waals surface area contributed by atoms with Gasteiger partial charge in [0.05, 0.1) is 23.1 Å². The van der Waals surface area contributed by atoms with E-state index in [1.165, 1.54) is 23.1 Å². The summed E-state index contributed by atoms with van der Waals surface area (Å²) in [6.45, 7) is 0. The Bertz CT molecular complexity index is 1950. The van der Waals surface area contributed by atoms with E-state index in [2.05, 4.69) is 12.4 Å². The summed E-state index contributed by atoms with van der Waals surface area (Å²) in [7, 11) is 0. The van der Waals surface area contributed by atoms with Crippen LogP contribution in [0.4, 0.5) is 0 Å². The third kappa shape index (κ3) is 5.17. The molecule has 0 radical (unpaired) electrons. The summed E-state index contributed by atoms with van der Waals surface area (Å²) in [6.07, 6.45) is 6.51. The number of fused-ring (bicyclic) bond motifs is 4. The minimum atomic E-state index is 0. The average molecular weight is 562 g/mol. The van der Waals surface area contributed by atoms with Crippen LogP contribution in [-0.2, 0) is 0 Å². The molecule has 0 amide bonds. The molecule has 0 aliphatic rings. The van der Waals surface area contributed by atoms with Gasteiger partial charge >= 0.3 is 10.1 Å². The molecule has 0 aliphatic carbocycles. The number of nitrogens with zero attached hydrogens (tertiary/aromatic N) is 2. The molecule has 0 unspecified atom stereocenters. The first-order valence-corrected chi connectivity index (χ1v) is 14.2. The largest absolute Gasteiger partial charge is 2.00 e. The van der Waals surface area contributed by atoms with Gasteiger partial charge in [-0.3, -0.25) is 0 Å². The first-order valence-electron chi connectivity index (χ1n) is 12.7. The first-order chi connectivity index (χ1) is 19.6. The Kier molecular flexibility index (Phi) is 7.21. The molecule has 0 saturated heterocycles. The van der Waals surface area contributed by atoms with Gasteiger partial charge in [-0.2, -0.15) is 7.91 Å². The fraction of sp³-hybridized carbons (Fsp3) is 0. The van der Waals surface area contributed by atoms with Crippen LogP contribution >= 0.6 is 23.1 Å². The van der Waals surface area contributed by atoms with E-state index in [9.17, 15) is 10.2 Å². The Morgan fingerprint density at radius 2 is 0.805 bits per heavy atom. The smallest absolute Gasteiger partial charge is 0.875 e. The molecule has 0 aliphatic heterocycles. The average Bonchev–Trinajstić information content (AvgIpc) is 3.61. The Hall–Kier alpha value is -4.61. The van der Waals surface area contributed by atoms with Gasteiger partial charge in [0.15, 0.2) is 12.4 Å². The molecule has 8 aromatic rings. The van der Waals surface area contributed by atoms with Crippen molar-refractivity contribution >= 4 is 74.9 Å². The fourth-order valence-electron chi connectivity index (χ4n) is 4.69. The van der Waals surface area contributed by atoms with Crippen LogP contribution in [0.2, 0.25) is 0 Å². The predicted molar refractivity (Wildman–Crippen MR) is 164 cm³/mol. The summed E-state index contributed by atoms with van der Waals surface area (Å²) in [5.41, 5.74) is 1.31. The molecule has 6 aromatic carbocycles. The van der Waals surface area contributed by atoms with Gasteiger partial charge in [-0.05, 0) is 33.7 Å². The van der Waals surface area contributed by atoms with E-state index in [4.69, 9.17) is 0 Å². The van der Waals surface area contributed by atoms with Crippen molar-refractivity contribution in [2.24, 2.45) is 0 Å². The summed E-state index contributed by atoms with van der Waals surface area (Å²) in [5, 5.41) is 30.7. The minimum absolute atomic E-state index is 0. The Labute approximate surface area is 248 Å². The summed E-state index contributed by atoms with van der Waals surface area (Å²) in [4.78, 5) is 0. The van der Waals surface area contributed by atoms with Crippen molar-refractivity contribution in [1.82, 2.24) is 0 Å². The summed E-state index contributed by atoms with van der Waals surface area (Å²) < 4.78 is 5.92. The van der Waals surface area contributed by atoms with Crippen LogP contribution in [0.15, 0.2) is 121 Å². The van der Waals surface area contributed by atoms with E-state index < -0.39 is 0 Å². The molecule has 0 N–H and O–H groups in total. The van der Waals surface area contributed by atoms with E-state index in [1.807, 2.05) is 117 Å². The van der Waals surface area contributed by atoms with E-state index >= 15 is 0 Å². The topological polar surface area (TPSA) is 53.9 Å². The molecule has 2 aromatic heterocycles. The van der Waals surface area contributed by atoms with E-state index in [-0.39, 0.29) is 21.6 Å². The molecule has 2 heterocycles. The fourth-order valence-corrected chi connectivity index (χ4v) is 6.56. The zero-order chi connectivity index (χ0) is 27.1.